The maximum absolute atomic E-state index is 10.8. The number of fused-ring (bicyclic) bond motifs is 9. The third-order valence-corrected chi connectivity index (χ3v) is 9.72. The second-order valence-electron chi connectivity index (χ2n) is 11.9. The van der Waals surface area contributed by atoms with Crippen LogP contribution in [-0.4, -0.2) is 62.1 Å². The smallest absolute Gasteiger partial charge is 0.231 e. The molecule has 4 heterocycles. The topological polar surface area (TPSA) is 76.4 Å². The summed E-state index contributed by atoms with van der Waals surface area (Å²) in [5, 5.41) is 10.8. The molecular weight excluding hydrogens is 530 g/mol. The Morgan fingerprint density at radius 2 is 1.86 bits per heavy atom. The molecule has 1 fully saturated rings. The molecule has 0 saturated carbocycles. The first-order valence-corrected chi connectivity index (χ1v) is 15.3. The third-order valence-electron chi connectivity index (χ3n) is 9.72. The van der Waals surface area contributed by atoms with E-state index in [9.17, 15) is 5.26 Å². The van der Waals surface area contributed by atoms with Crippen molar-refractivity contribution in [3.05, 3.63) is 52.1 Å². The molecule has 0 aliphatic carbocycles. The van der Waals surface area contributed by atoms with Gasteiger partial charge in [0.25, 0.3) is 0 Å². The fraction of sp³-hybridized carbons (Fsp3) is 0.559. The molecule has 0 spiro atoms. The second-order valence-corrected chi connectivity index (χ2v) is 11.9. The molecule has 4 aliphatic rings. The number of unbranched alkanes of at least 4 members (excludes halogenated alkanes) is 1. The lowest BCUT2D eigenvalue weighted by Gasteiger charge is -2.60. The second kappa shape index (κ2) is 11.3. The summed E-state index contributed by atoms with van der Waals surface area (Å²) >= 11 is 0. The fourth-order valence-corrected chi connectivity index (χ4v) is 8.01. The van der Waals surface area contributed by atoms with Crippen LogP contribution >= 0.6 is 0 Å². The van der Waals surface area contributed by atoms with Crippen LogP contribution in [0.15, 0.2) is 18.7 Å². The first-order valence-electron chi connectivity index (χ1n) is 15.3. The van der Waals surface area contributed by atoms with Crippen molar-refractivity contribution in [3.63, 3.8) is 0 Å². The SMILES string of the molecule is C=CCOc1c(OC)c(C)cc2c1C1[C@@H]3Cc4c(OCCCC)c(C)c5c(c4[C@H](CC)N3[C@@H](C#N)[C@H](C2)N1C)OCO5. The van der Waals surface area contributed by atoms with Crippen molar-refractivity contribution in [2.75, 3.05) is 34.2 Å². The van der Waals surface area contributed by atoms with E-state index >= 15 is 0 Å². The van der Waals surface area contributed by atoms with Gasteiger partial charge < -0.3 is 23.7 Å². The summed E-state index contributed by atoms with van der Waals surface area (Å²) in [6.45, 7) is 13.7. The Bertz CT molecular complexity index is 1430. The first-order chi connectivity index (χ1) is 20.4. The average molecular weight is 574 g/mol. The van der Waals surface area contributed by atoms with E-state index in [4.69, 9.17) is 23.7 Å². The molecule has 0 amide bonds. The van der Waals surface area contributed by atoms with Gasteiger partial charge in [-0.15, -0.1) is 0 Å². The third kappa shape index (κ3) is 4.16. The Kier molecular flexibility index (Phi) is 7.75. The molecule has 1 unspecified atom stereocenters. The Labute approximate surface area is 249 Å². The van der Waals surface area contributed by atoms with E-state index in [1.165, 1.54) is 11.1 Å². The molecule has 224 valence electrons. The van der Waals surface area contributed by atoms with Crippen molar-refractivity contribution >= 4 is 0 Å². The monoisotopic (exact) mass is 573 g/mol. The highest BCUT2D eigenvalue weighted by Gasteiger charge is 2.56. The molecule has 8 nitrogen and oxygen atoms in total. The quantitative estimate of drug-likeness (QED) is 0.269. The summed E-state index contributed by atoms with van der Waals surface area (Å²) in [5.41, 5.74) is 6.75. The van der Waals surface area contributed by atoms with E-state index in [0.717, 1.165) is 83.1 Å². The van der Waals surface area contributed by atoms with Gasteiger partial charge in [0.15, 0.2) is 23.0 Å². The summed E-state index contributed by atoms with van der Waals surface area (Å²) in [5.74, 6) is 4.08. The van der Waals surface area contributed by atoms with Gasteiger partial charge in [0.2, 0.25) is 6.79 Å². The van der Waals surface area contributed by atoms with Gasteiger partial charge in [-0.2, -0.15) is 5.26 Å². The summed E-state index contributed by atoms with van der Waals surface area (Å²) < 4.78 is 31.1. The zero-order chi connectivity index (χ0) is 29.7. The van der Waals surface area contributed by atoms with Gasteiger partial charge in [-0.05, 0) is 57.7 Å². The van der Waals surface area contributed by atoms with E-state index in [2.05, 4.69) is 63.3 Å². The van der Waals surface area contributed by atoms with Gasteiger partial charge in [0.05, 0.1) is 25.8 Å². The van der Waals surface area contributed by atoms with E-state index in [0.29, 0.717) is 13.2 Å². The summed E-state index contributed by atoms with van der Waals surface area (Å²) in [4.78, 5) is 4.90. The summed E-state index contributed by atoms with van der Waals surface area (Å²) in [6, 6.07) is 4.73. The lowest BCUT2D eigenvalue weighted by Crippen LogP contribution is -2.68. The molecule has 0 N–H and O–H groups in total. The van der Waals surface area contributed by atoms with Crippen LogP contribution in [0, 0.1) is 25.2 Å². The van der Waals surface area contributed by atoms with Crippen LogP contribution in [0.25, 0.3) is 0 Å². The average Bonchev–Trinajstić information content (AvgIpc) is 3.47. The number of hydrogen-bond donors (Lipinski definition) is 0. The fourth-order valence-electron chi connectivity index (χ4n) is 8.01. The maximum atomic E-state index is 10.8. The van der Waals surface area contributed by atoms with Crippen LogP contribution in [0.2, 0.25) is 0 Å². The van der Waals surface area contributed by atoms with Crippen LogP contribution in [0.5, 0.6) is 28.7 Å². The lowest BCUT2D eigenvalue weighted by atomic mass is 9.71. The van der Waals surface area contributed by atoms with Crippen molar-refractivity contribution in [2.24, 2.45) is 0 Å². The van der Waals surface area contributed by atoms with Crippen molar-refractivity contribution < 1.29 is 23.7 Å². The molecule has 5 atom stereocenters. The Morgan fingerprint density at radius 3 is 2.55 bits per heavy atom. The lowest BCUT2D eigenvalue weighted by molar-refractivity contribution is -0.0737. The predicted octanol–water partition coefficient (Wildman–Crippen LogP) is 5.97. The number of nitriles is 1. The number of rotatable bonds is 9. The van der Waals surface area contributed by atoms with Gasteiger partial charge in [0, 0.05) is 40.4 Å². The number of hydrogen-bond acceptors (Lipinski definition) is 8. The Morgan fingerprint density at radius 1 is 1.07 bits per heavy atom. The number of methoxy groups -OCH3 is 1. The minimum absolute atomic E-state index is 0.00548. The predicted molar refractivity (Wildman–Crippen MR) is 161 cm³/mol. The highest BCUT2D eigenvalue weighted by molar-refractivity contribution is 5.66. The highest BCUT2D eigenvalue weighted by Crippen LogP contribution is 2.59. The normalized spacial score (nSPS) is 25.6. The van der Waals surface area contributed by atoms with Crippen molar-refractivity contribution in [1.29, 1.82) is 5.26 Å². The zero-order valence-corrected chi connectivity index (χ0v) is 25.8. The minimum atomic E-state index is -0.286. The number of ether oxygens (including phenoxy) is 5. The minimum Gasteiger partial charge on any atom is -0.493 e. The molecule has 8 heteroatoms. The van der Waals surface area contributed by atoms with Crippen LogP contribution in [0.3, 0.4) is 0 Å². The van der Waals surface area contributed by atoms with E-state index < -0.39 is 0 Å². The van der Waals surface area contributed by atoms with Gasteiger partial charge in [-0.3, -0.25) is 9.80 Å². The van der Waals surface area contributed by atoms with Gasteiger partial charge >= 0.3 is 0 Å². The summed E-state index contributed by atoms with van der Waals surface area (Å²) in [7, 11) is 3.88. The number of aryl methyl sites for hydroxylation is 1. The number of nitrogens with zero attached hydrogens (tertiary/aromatic N) is 3. The number of piperazine rings is 1. The van der Waals surface area contributed by atoms with Gasteiger partial charge in [-0.1, -0.05) is 39.0 Å². The van der Waals surface area contributed by atoms with Crippen LogP contribution in [0.1, 0.15) is 78.6 Å². The Balaban J connectivity index is 1.58. The number of benzene rings is 2. The van der Waals surface area contributed by atoms with Crippen molar-refractivity contribution in [3.8, 4) is 34.8 Å². The van der Waals surface area contributed by atoms with E-state index in [1.54, 1.807) is 13.2 Å². The van der Waals surface area contributed by atoms with Crippen LogP contribution < -0.4 is 23.7 Å². The van der Waals surface area contributed by atoms with E-state index in [-0.39, 0.29) is 37.0 Å². The molecule has 4 aliphatic heterocycles. The standard InChI is InChI=1S/C34H43N3O5/c1-8-11-13-40-31-20(5)32-34(42-18-41-32)28-22(31)16-25-29-27-21(14-19(4)30(38-7)33(27)39-12-9-2)15-24(36(29)6)26(17-35)37(25)23(28)10-3/h9,14,23-26,29H,2,8,10-13,15-16,18H2,1,3-7H3/t23-,24-,25-,26-,29?/m0/s1. The Hall–Kier alpha value is -3.41. The highest BCUT2D eigenvalue weighted by atomic mass is 16.7. The molecule has 0 radical (unpaired) electrons. The first kappa shape index (κ1) is 28.7. The number of likely N-dealkylation sites (N-methyl/N-ethyl adjacent to an activating group) is 1. The maximum Gasteiger partial charge on any atom is 0.231 e. The molecular formula is C34H43N3O5. The van der Waals surface area contributed by atoms with Crippen molar-refractivity contribution in [1.82, 2.24) is 9.80 Å². The summed E-state index contributed by atoms with van der Waals surface area (Å²) in [6.07, 6.45) is 6.14. The molecule has 1 saturated heterocycles. The molecule has 2 aromatic carbocycles. The molecule has 2 bridgehead atoms. The zero-order valence-electron chi connectivity index (χ0n) is 25.8. The van der Waals surface area contributed by atoms with Crippen LogP contribution in [0.4, 0.5) is 0 Å². The molecule has 6 rings (SSSR count). The van der Waals surface area contributed by atoms with Gasteiger partial charge in [0.1, 0.15) is 18.4 Å². The van der Waals surface area contributed by atoms with Crippen LogP contribution in [-0.2, 0) is 12.8 Å². The van der Waals surface area contributed by atoms with E-state index in [1.807, 2.05) is 0 Å². The van der Waals surface area contributed by atoms with Crippen molar-refractivity contribution in [2.45, 2.75) is 90.0 Å². The van der Waals surface area contributed by atoms with Gasteiger partial charge in [-0.25, -0.2) is 0 Å². The molecule has 42 heavy (non-hydrogen) atoms. The molecule has 0 aromatic heterocycles. The largest absolute Gasteiger partial charge is 0.493 e. The molecule has 2 aromatic rings.